The van der Waals surface area contributed by atoms with Gasteiger partial charge in [-0.05, 0) is 31.8 Å². The van der Waals surface area contributed by atoms with Crippen molar-refractivity contribution in [1.29, 1.82) is 0 Å². The van der Waals surface area contributed by atoms with Gasteiger partial charge in [-0.3, -0.25) is 0 Å². The van der Waals surface area contributed by atoms with Crippen molar-refractivity contribution in [3.8, 4) is 0 Å². The number of ether oxygens (including phenoxy) is 2. The molecule has 0 spiro atoms. The lowest BCUT2D eigenvalue weighted by molar-refractivity contribution is 0.0667. The first-order valence-corrected chi connectivity index (χ1v) is 8.58. The summed E-state index contributed by atoms with van der Waals surface area (Å²) in [6.45, 7) is 8.30. The van der Waals surface area contributed by atoms with Gasteiger partial charge in [0.2, 0.25) is 0 Å². The number of hydrogen-bond donors (Lipinski definition) is 0. The van der Waals surface area contributed by atoms with Crippen molar-refractivity contribution in [2.24, 2.45) is 5.41 Å². The SMILES string of the molecule is COCCCOC1C=CC(C(C)(C)C2=CC=C(C)C=CC2)=CC1. The molecule has 23 heavy (non-hydrogen) atoms. The fourth-order valence-electron chi connectivity index (χ4n) is 3.00. The summed E-state index contributed by atoms with van der Waals surface area (Å²) in [6, 6.07) is 0. The minimum Gasteiger partial charge on any atom is -0.385 e. The van der Waals surface area contributed by atoms with Crippen molar-refractivity contribution in [2.75, 3.05) is 20.3 Å². The molecule has 0 fully saturated rings. The Kier molecular flexibility index (Phi) is 6.61. The monoisotopic (exact) mass is 314 g/mol. The van der Waals surface area contributed by atoms with E-state index in [2.05, 4.69) is 63.3 Å². The Balaban J connectivity index is 1.96. The van der Waals surface area contributed by atoms with Crippen LogP contribution in [0.1, 0.15) is 40.0 Å². The van der Waals surface area contributed by atoms with Crippen molar-refractivity contribution in [3.05, 3.63) is 59.3 Å². The van der Waals surface area contributed by atoms with Crippen LogP contribution >= 0.6 is 0 Å². The maximum absolute atomic E-state index is 5.88. The van der Waals surface area contributed by atoms with Crippen molar-refractivity contribution in [2.45, 2.75) is 46.1 Å². The summed E-state index contributed by atoms with van der Waals surface area (Å²) in [5.74, 6) is 0. The van der Waals surface area contributed by atoms with Crippen molar-refractivity contribution < 1.29 is 9.47 Å². The molecule has 2 heteroatoms. The van der Waals surface area contributed by atoms with Crippen molar-refractivity contribution in [3.63, 3.8) is 0 Å². The minimum atomic E-state index is 0.0585. The van der Waals surface area contributed by atoms with Gasteiger partial charge in [-0.25, -0.2) is 0 Å². The van der Waals surface area contributed by atoms with E-state index < -0.39 is 0 Å². The number of hydrogen-bond acceptors (Lipinski definition) is 2. The van der Waals surface area contributed by atoms with E-state index >= 15 is 0 Å². The van der Waals surface area contributed by atoms with Crippen LogP contribution < -0.4 is 0 Å². The molecule has 0 saturated carbocycles. The predicted octanol–water partition coefficient (Wildman–Crippen LogP) is 5.15. The van der Waals surface area contributed by atoms with Crippen LogP contribution in [-0.2, 0) is 9.47 Å². The van der Waals surface area contributed by atoms with Gasteiger partial charge in [0.1, 0.15) is 0 Å². The fraction of sp³-hybridized carbons (Fsp3) is 0.524. The zero-order chi connectivity index (χ0) is 16.7. The van der Waals surface area contributed by atoms with E-state index in [0.29, 0.717) is 0 Å². The van der Waals surface area contributed by atoms with E-state index in [4.69, 9.17) is 9.47 Å². The maximum Gasteiger partial charge on any atom is 0.0793 e. The van der Waals surface area contributed by atoms with Gasteiger partial charge < -0.3 is 9.47 Å². The van der Waals surface area contributed by atoms with Crippen LogP contribution in [-0.4, -0.2) is 26.4 Å². The van der Waals surface area contributed by atoms with Gasteiger partial charge in [0.25, 0.3) is 0 Å². The molecule has 2 aliphatic carbocycles. The second kappa shape index (κ2) is 8.47. The Hall–Kier alpha value is -1.38. The van der Waals surface area contributed by atoms with Crippen molar-refractivity contribution in [1.82, 2.24) is 0 Å². The molecule has 0 saturated heterocycles. The van der Waals surface area contributed by atoms with Crippen molar-refractivity contribution >= 4 is 0 Å². The molecule has 0 amide bonds. The van der Waals surface area contributed by atoms with Crippen LogP contribution in [0, 0.1) is 5.41 Å². The summed E-state index contributed by atoms with van der Waals surface area (Å²) in [5.41, 5.74) is 4.22. The molecule has 1 atom stereocenters. The third-order valence-electron chi connectivity index (χ3n) is 4.68. The van der Waals surface area contributed by atoms with Gasteiger partial charge in [0, 0.05) is 25.7 Å². The van der Waals surface area contributed by atoms with Gasteiger partial charge in [0.15, 0.2) is 0 Å². The summed E-state index contributed by atoms with van der Waals surface area (Å²) >= 11 is 0. The van der Waals surface area contributed by atoms with E-state index in [1.165, 1.54) is 16.7 Å². The highest BCUT2D eigenvalue weighted by atomic mass is 16.5. The maximum atomic E-state index is 5.88. The quantitative estimate of drug-likeness (QED) is 0.605. The first-order valence-electron chi connectivity index (χ1n) is 8.58. The molecule has 0 aliphatic heterocycles. The molecule has 0 radical (unpaired) electrons. The number of rotatable bonds is 7. The van der Waals surface area contributed by atoms with Crippen LogP contribution in [0.3, 0.4) is 0 Å². The standard InChI is InChI=1S/C21H30O2/c1-17-7-5-8-18(10-9-17)21(2,3)19-11-13-20(14-12-19)23-16-6-15-22-4/h5,7,9-13,20H,6,8,14-16H2,1-4H3. The Morgan fingerprint density at radius 3 is 2.70 bits per heavy atom. The van der Waals surface area contributed by atoms with E-state index in [9.17, 15) is 0 Å². The van der Waals surface area contributed by atoms with Gasteiger partial charge in [-0.15, -0.1) is 0 Å². The first-order chi connectivity index (χ1) is 11.0. The van der Waals surface area contributed by atoms with E-state index in [1.807, 2.05) is 0 Å². The zero-order valence-corrected chi connectivity index (χ0v) is 15.0. The third-order valence-corrected chi connectivity index (χ3v) is 4.68. The smallest absolute Gasteiger partial charge is 0.0793 e. The zero-order valence-electron chi connectivity index (χ0n) is 15.0. The van der Waals surface area contributed by atoms with Crippen LogP contribution in [0.2, 0.25) is 0 Å². The van der Waals surface area contributed by atoms with Crippen LogP contribution in [0.4, 0.5) is 0 Å². The summed E-state index contributed by atoms with van der Waals surface area (Å²) in [4.78, 5) is 0. The molecule has 2 aliphatic rings. The average molecular weight is 314 g/mol. The molecule has 0 aromatic rings. The molecule has 2 rings (SSSR count). The highest BCUT2D eigenvalue weighted by molar-refractivity contribution is 5.41. The molecule has 0 bridgehead atoms. The number of methoxy groups -OCH3 is 1. The van der Waals surface area contributed by atoms with Gasteiger partial charge >= 0.3 is 0 Å². The molecular formula is C21H30O2. The Bertz CT molecular complexity index is 544. The van der Waals surface area contributed by atoms with Gasteiger partial charge in [-0.1, -0.05) is 67.5 Å². The largest absolute Gasteiger partial charge is 0.385 e. The molecule has 126 valence electrons. The van der Waals surface area contributed by atoms with E-state index in [-0.39, 0.29) is 11.5 Å². The summed E-state index contributed by atoms with van der Waals surface area (Å²) in [5, 5.41) is 0. The Morgan fingerprint density at radius 1 is 1.17 bits per heavy atom. The molecule has 0 aromatic heterocycles. The normalized spacial score (nSPS) is 21.6. The van der Waals surface area contributed by atoms with Crippen LogP contribution in [0.5, 0.6) is 0 Å². The molecule has 0 heterocycles. The lowest BCUT2D eigenvalue weighted by atomic mass is 9.74. The first kappa shape index (κ1) is 18.0. The highest BCUT2D eigenvalue weighted by Gasteiger charge is 2.27. The summed E-state index contributed by atoms with van der Waals surface area (Å²) in [7, 11) is 1.73. The molecule has 0 aromatic carbocycles. The van der Waals surface area contributed by atoms with Gasteiger partial charge in [-0.2, -0.15) is 0 Å². The third kappa shape index (κ3) is 5.05. The molecule has 2 nitrogen and oxygen atoms in total. The van der Waals surface area contributed by atoms with Gasteiger partial charge in [0.05, 0.1) is 6.10 Å². The second-order valence-electron chi connectivity index (χ2n) is 6.84. The summed E-state index contributed by atoms with van der Waals surface area (Å²) in [6.07, 6.45) is 18.9. The Labute approximate surface area is 141 Å². The average Bonchev–Trinajstić information content (AvgIpc) is 2.77. The van der Waals surface area contributed by atoms with Crippen LogP contribution in [0.25, 0.3) is 0 Å². The predicted molar refractivity (Wildman–Crippen MR) is 97.5 cm³/mol. The lowest BCUT2D eigenvalue weighted by Gasteiger charge is -2.31. The summed E-state index contributed by atoms with van der Waals surface area (Å²) < 4.78 is 10.9. The molecule has 0 N–H and O–H groups in total. The lowest BCUT2D eigenvalue weighted by Crippen LogP contribution is -2.21. The van der Waals surface area contributed by atoms with E-state index in [0.717, 1.165) is 32.5 Å². The van der Waals surface area contributed by atoms with Crippen LogP contribution in [0.15, 0.2) is 59.3 Å². The highest BCUT2D eigenvalue weighted by Crippen LogP contribution is 2.40. The topological polar surface area (TPSA) is 18.5 Å². The Morgan fingerprint density at radius 2 is 2.00 bits per heavy atom. The molecular weight excluding hydrogens is 284 g/mol. The number of allylic oxidation sites excluding steroid dienone is 8. The fourth-order valence-corrected chi connectivity index (χ4v) is 3.00. The van der Waals surface area contributed by atoms with E-state index in [1.54, 1.807) is 7.11 Å². The minimum absolute atomic E-state index is 0.0585. The molecule has 1 unspecified atom stereocenters. The second-order valence-corrected chi connectivity index (χ2v) is 6.84.